The number of carbonyl (C=O) groups excluding carboxylic acids is 1. The van der Waals surface area contributed by atoms with Crippen molar-refractivity contribution in [2.75, 3.05) is 32.8 Å². The van der Waals surface area contributed by atoms with Gasteiger partial charge in [0.25, 0.3) is 0 Å². The van der Waals surface area contributed by atoms with E-state index in [0.29, 0.717) is 12.6 Å². The second-order valence-corrected chi connectivity index (χ2v) is 4.96. The minimum atomic E-state index is -0.0678. The lowest BCUT2D eigenvalue weighted by atomic mass is 10.1. The van der Waals surface area contributed by atoms with Gasteiger partial charge in [-0.1, -0.05) is 6.92 Å². The van der Waals surface area contributed by atoms with Gasteiger partial charge >= 0.3 is 0 Å². The Labute approximate surface area is 103 Å². The van der Waals surface area contributed by atoms with Crippen molar-refractivity contribution in [3.63, 3.8) is 0 Å². The molecule has 2 aliphatic rings. The van der Waals surface area contributed by atoms with Gasteiger partial charge in [-0.25, -0.2) is 0 Å². The molecule has 0 aliphatic carbocycles. The third-order valence-corrected chi connectivity index (χ3v) is 3.54. The molecule has 2 fully saturated rings. The zero-order chi connectivity index (χ0) is 12.3. The molecule has 0 aromatic rings. The van der Waals surface area contributed by atoms with Crippen molar-refractivity contribution in [2.45, 2.75) is 38.5 Å². The van der Waals surface area contributed by atoms with Gasteiger partial charge in [-0.3, -0.25) is 4.79 Å². The Balaban J connectivity index is 1.86. The van der Waals surface area contributed by atoms with Crippen LogP contribution in [0.5, 0.6) is 0 Å². The minimum absolute atomic E-state index is 0.0678. The number of hydrogen-bond donors (Lipinski definition) is 2. The molecule has 5 heteroatoms. The standard InChI is InChI=1S/C12H23N3O2/c1-3-10-8-15(4-5-17-10)12(16)11-7-13-9(2)6-14-11/h9-11,13-14H,3-8H2,1-2H3. The number of nitrogens with zero attached hydrogens (tertiary/aromatic N) is 1. The molecule has 0 aromatic carbocycles. The summed E-state index contributed by atoms with van der Waals surface area (Å²) >= 11 is 0. The zero-order valence-electron chi connectivity index (χ0n) is 10.7. The van der Waals surface area contributed by atoms with Crippen molar-refractivity contribution in [2.24, 2.45) is 0 Å². The fourth-order valence-electron chi connectivity index (χ4n) is 2.34. The molecule has 2 aliphatic heterocycles. The van der Waals surface area contributed by atoms with Crippen molar-refractivity contribution in [3.8, 4) is 0 Å². The summed E-state index contributed by atoms with van der Waals surface area (Å²) in [5, 5.41) is 6.64. The van der Waals surface area contributed by atoms with E-state index in [0.717, 1.165) is 32.6 Å². The van der Waals surface area contributed by atoms with Crippen molar-refractivity contribution >= 4 is 5.91 Å². The van der Waals surface area contributed by atoms with E-state index in [1.807, 2.05) is 4.90 Å². The molecular weight excluding hydrogens is 218 g/mol. The first-order chi connectivity index (χ1) is 8.20. The number of amides is 1. The molecule has 0 radical (unpaired) electrons. The third-order valence-electron chi connectivity index (χ3n) is 3.54. The Hall–Kier alpha value is -0.650. The molecule has 2 rings (SSSR count). The monoisotopic (exact) mass is 241 g/mol. The lowest BCUT2D eigenvalue weighted by Gasteiger charge is -2.37. The first-order valence-corrected chi connectivity index (χ1v) is 6.58. The van der Waals surface area contributed by atoms with E-state index in [4.69, 9.17) is 4.74 Å². The molecule has 98 valence electrons. The van der Waals surface area contributed by atoms with Crippen LogP contribution >= 0.6 is 0 Å². The lowest BCUT2D eigenvalue weighted by Crippen LogP contribution is -2.61. The highest BCUT2D eigenvalue weighted by atomic mass is 16.5. The van der Waals surface area contributed by atoms with Gasteiger partial charge < -0.3 is 20.3 Å². The largest absolute Gasteiger partial charge is 0.375 e. The molecule has 0 aromatic heterocycles. The van der Waals surface area contributed by atoms with Gasteiger partial charge in [-0.05, 0) is 13.3 Å². The smallest absolute Gasteiger partial charge is 0.241 e. The summed E-state index contributed by atoms with van der Waals surface area (Å²) in [6, 6.07) is 0.383. The summed E-state index contributed by atoms with van der Waals surface area (Å²) in [6.45, 7) is 7.94. The molecule has 0 spiro atoms. The van der Waals surface area contributed by atoms with Crippen molar-refractivity contribution in [3.05, 3.63) is 0 Å². The number of carbonyl (C=O) groups is 1. The molecular formula is C12H23N3O2. The Morgan fingerprint density at radius 1 is 1.41 bits per heavy atom. The highest BCUT2D eigenvalue weighted by Gasteiger charge is 2.30. The van der Waals surface area contributed by atoms with Crippen LogP contribution in [0.3, 0.4) is 0 Å². The van der Waals surface area contributed by atoms with E-state index in [1.54, 1.807) is 0 Å². The Bertz CT molecular complexity index is 264. The predicted octanol–water partition coefficient (Wildman–Crippen LogP) is -0.426. The average Bonchev–Trinajstić information content (AvgIpc) is 2.39. The average molecular weight is 241 g/mol. The van der Waals surface area contributed by atoms with E-state index in [9.17, 15) is 4.79 Å². The van der Waals surface area contributed by atoms with Gasteiger partial charge in [0, 0.05) is 32.2 Å². The number of ether oxygens (including phenoxy) is 1. The summed E-state index contributed by atoms with van der Waals surface area (Å²) in [4.78, 5) is 14.2. The molecule has 3 atom stereocenters. The molecule has 5 nitrogen and oxygen atoms in total. The first kappa shape index (κ1) is 12.8. The van der Waals surface area contributed by atoms with Gasteiger partial charge in [0.15, 0.2) is 0 Å². The Kier molecular flexibility index (Phi) is 4.36. The number of nitrogens with one attached hydrogen (secondary N) is 2. The molecule has 2 saturated heterocycles. The van der Waals surface area contributed by atoms with Gasteiger partial charge in [0.2, 0.25) is 5.91 Å². The van der Waals surface area contributed by atoms with Gasteiger partial charge in [0.1, 0.15) is 0 Å². The van der Waals surface area contributed by atoms with Crippen LogP contribution in [0.1, 0.15) is 20.3 Å². The summed E-state index contributed by atoms with van der Waals surface area (Å²) in [5.74, 6) is 0.214. The molecule has 2 heterocycles. The molecule has 17 heavy (non-hydrogen) atoms. The first-order valence-electron chi connectivity index (χ1n) is 6.58. The third kappa shape index (κ3) is 3.18. The predicted molar refractivity (Wildman–Crippen MR) is 65.9 cm³/mol. The van der Waals surface area contributed by atoms with E-state index in [1.165, 1.54) is 0 Å². The van der Waals surface area contributed by atoms with Crippen LogP contribution in [0, 0.1) is 0 Å². The highest BCUT2D eigenvalue weighted by molar-refractivity contribution is 5.82. The van der Waals surface area contributed by atoms with E-state index in [-0.39, 0.29) is 18.1 Å². The number of piperazine rings is 1. The minimum Gasteiger partial charge on any atom is -0.375 e. The van der Waals surface area contributed by atoms with Gasteiger partial charge in [0.05, 0.1) is 18.8 Å². The van der Waals surface area contributed by atoms with Crippen LogP contribution in [0.2, 0.25) is 0 Å². The van der Waals surface area contributed by atoms with E-state index in [2.05, 4.69) is 24.5 Å². The van der Waals surface area contributed by atoms with Crippen LogP contribution in [0.4, 0.5) is 0 Å². The molecule has 3 unspecified atom stereocenters. The normalized spacial score (nSPS) is 34.7. The fraction of sp³-hybridized carbons (Fsp3) is 0.917. The molecule has 0 bridgehead atoms. The summed E-state index contributed by atoms with van der Waals surface area (Å²) in [6.07, 6.45) is 1.18. The summed E-state index contributed by atoms with van der Waals surface area (Å²) in [5.41, 5.74) is 0. The van der Waals surface area contributed by atoms with Crippen LogP contribution in [-0.2, 0) is 9.53 Å². The van der Waals surface area contributed by atoms with Crippen molar-refractivity contribution < 1.29 is 9.53 Å². The maximum atomic E-state index is 12.3. The molecule has 2 N–H and O–H groups in total. The number of morpholine rings is 1. The van der Waals surface area contributed by atoms with Crippen LogP contribution in [0.15, 0.2) is 0 Å². The fourth-order valence-corrected chi connectivity index (χ4v) is 2.34. The van der Waals surface area contributed by atoms with Gasteiger partial charge in [-0.2, -0.15) is 0 Å². The van der Waals surface area contributed by atoms with Crippen LogP contribution in [0.25, 0.3) is 0 Å². The molecule has 0 saturated carbocycles. The Morgan fingerprint density at radius 2 is 2.24 bits per heavy atom. The zero-order valence-corrected chi connectivity index (χ0v) is 10.7. The second kappa shape index (κ2) is 5.80. The number of rotatable bonds is 2. The number of hydrogen-bond acceptors (Lipinski definition) is 4. The van der Waals surface area contributed by atoms with Crippen LogP contribution in [-0.4, -0.2) is 61.8 Å². The van der Waals surface area contributed by atoms with Gasteiger partial charge in [-0.15, -0.1) is 0 Å². The summed E-state index contributed by atoms with van der Waals surface area (Å²) < 4.78 is 5.58. The maximum Gasteiger partial charge on any atom is 0.241 e. The quantitative estimate of drug-likeness (QED) is 0.689. The SMILES string of the molecule is CCC1CN(C(=O)C2CNC(C)CN2)CCO1. The van der Waals surface area contributed by atoms with E-state index >= 15 is 0 Å². The Morgan fingerprint density at radius 3 is 2.88 bits per heavy atom. The topological polar surface area (TPSA) is 53.6 Å². The summed E-state index contributed by atoms with van der Waals surface area (Å²) in [7, 11) is 0. The van der Waals surface area contributed by atoms with E-state index < -0.39 is 0 Å². The lowest BCUT2D eigenvalue weighted by molar-refractivity contribution is -0.141. The molecule has 1 amide bonds. The van der Waals surface area contributed by atoms with Crippen molar-refractivity contribution in [1.29, 1.82) is 0 Å². The van der Waals surface area contributed by atoms with Crippen LogP contribution < -0.4 is 10.6 Å². The maximum absolute atomic E-state index is 12.3. The highest BCUT2D eigenvalue weighted by Crippen LogP contribution is 2.10. The van der Waals surface area contributed by atoms with Crippen molar-refractivity contribution in [1.82, 2.24) is 15.5 Å². The second-order valence-electron chi connectivity index (χ2n) is 4.96.